The van der Waals surface area contributed by atoms with Crippen LogP contribution in [0.2, 0.25) is 0 Å². The van der Waals surface area contributed by atoms with Crippen molar-refractivity contribution in [3.8, 4) is 0 Å². The molecule has 0 aliphatic carbocycles. The quantitative estimate of drug-likeness (QED) is 0.888. The molecule has 0 amide bonds. The average Bonchev–Trinajstić information content (AvgIpc) is 2.40. The van der Waals surface area contributed by atoms with Crippen LogP contribution in [-0.2, 0) is 0 Å². The van der Waals surface area contributed by atoms with E-state index in [1.165, 1.54) is 6.07 Å². The molecule has 1 unspecified atom stereocenters. The van der Waals surface area contributed by atoms with Crippen molar-refractivity contribution in [2.45, 2.75) is 13.0 Å². The van der Waals surface area contributed by atoms with Crippen LogP contribution in [0.15, 0.2) is 53.0 Å². The molecule has 0 spiro atoms. The maximum atomic E-state index is 13.4. The number of benzene rings is 2. The summed E-state index contributed by atoms with van der Waals surface area (Å²) >= 11 is 3.49. The van der Waals surface area contributed by atoms with Gasteiger partial charge in [0.25, 0.3) is 0 Å². The van der Waals surface area contributed by atoms with E-state index in [0.717, 1.165) is 22.1 Å². The molecule has 0 saturated carbocycles. The van der Waals surface area contributed by atoms with Gasteiger partial charge in [-0.25, -0.2) is 4.39 Å². The topological polar surface area (TPSA) is 12.0 Å². The van der Waals surface area contributed by atoms with Crippen LogP contribution < -0.4 is 5.32 Å². The zero-order chi connectivity index (χ0) is 13.0. The van der Waals surface area contributed by atoms with Crippen molar-refractivity contribution in [2.75, 3.05) is 6.54 Å². The van der Waals surface area contributed by atoms with Gasteiger partial charge in [0.2, 0.25) is 0 Å². The molecule has 1 N–H and O–H groups in total. The van der Waals surface area contributed by atoms with E-state index in [1.807, 2.05) is 37.3 Å². The molecule has 1 atom stereocenters. The Balaban J connectivity index is 2.44. The van der Waals surface area contributed by atoms with Gasteiger partial charge in [0.1, 0.15) is 5.82 Å². The van der Waals surface area contributed by atoms with Gasteiger partial charge < -0.3 is 5.32 Å². The summed E-state index contributed by atoms with van der Waals surface area (Å²) in [4.78, 5) is 0. The summed E-state index contributed by atoms with van der Waals surface area (Å²) in [6, 6.07) is 14.8. The molecule has 2 aromatic carbocycles. The fraction of sp³-hybridized carbons (Fsp3) is 0.200. The van der Waals surface area contributed by atoms with E-state index in [4.69, 9.17) is 0 Å². The lowest BCUT2D eigenvalue weighted by Gasteiger charge is -2.20. The third-order valence-electron chi connectivity index (χ3n) is 2.81. The molecule has 94 valence electrons. The van der Waals surface area contributed by atoms with Gasteiger partial charge in [-0.05, 0) is 35.9 Å². The van der Waals surface area contributed by atoms with Gasteiger partial charge >= 0.3 is 0 Å². The average molecular weight is 308 g/mol. The Bertz CT molecular complexity index is 513. The van der Waals surface area contributed by atoms with Gasteiger partial charge in [-0.1, -0.05) is 53.2 Å². The molecule has 2 rings (SSSR count). The molecule has 3 heteroatoms. The first kappa shape index (κ1) is 13.2. The monoisotopic (exact) mass is 307 g/mol. The van der Waals surface area contributed by atoms with Crippen LogP contribution in [0.4, 0.5) is 4.39 Å². The molecular formula is C15H15BrFN. The van der Waals surface area contributed by atoms with Crippen molar-refractivity contribution in [2.24, 2.45) is 0 Å². The summed E-state index contributed by atoms with van der Waals surface area (Å²) in [6.45, 7) is 2.87. The maximum Gasteiger partial charge on any atom is 0.123 e. The highest BCUT2D eigenvalue weighted by molar-refractivity contribution is 9.10. The second-order valence-electron chi connectivity index (χ2n) is 4.07. The van der Waals surface area contributed by atoms with Crippen molar-refractivity contribution in [1.82, 2.24) is 5.32 Å². The number of hydrogen-bond acceptors (Lipinski definition) is 1. The van der Waals surface area contributed by atoms with E-state index in [0.29, 0.717) is 0 Å². The predicted octanol–water partition coefficient (Wildman–Crippen LogP) is 4.29. The van der Waals surface area contributed by atoms with Crippen molar-refractivity contribution < 1.29 is 4.39 Å². The second-order valence-corrected chi connectivity index (χ2v) is 4.92. The van der Waals surface area contributed by atoms with Crippen molar-refractivity contribution in [1.29, 1.82) is 0 Å². The van der Waals surface area contributed by atoms with Crippen LogP contribution in [-0.4, -0.2) is 6.54 Å². The number of rotatable bonds is 4. The van der Waals surface area contributed by atoms with Gasteiger partial charge in [0.05, 0.1) is 6.04 Å². The summed E-state index contributed by atoms with van der Waals surface area (Å²) in [6.07, 6.45) is 0. The smallest absolute Gasteiger partial charge is 0.123 e. The predicted molar refractivity (Wildman–Crippen MR) is 76.1 cm³/mol. The Morgan fingerprint density at radius 3 is 2.56 bits per heavy atom. The molecule has 0 aromatic heterocycles. The van der Waals surface area contributed by atoms with Gasteiger partial charge in [-0.15, -0.1) is 0 Å². The fourth-order valence-electron chi connectivity index (χ4n) is 1.99. The SMILES string of the molecule is CCNC(c1ccccc1)c1cc(F)ccc1Br. The van der Waals surface area contributed by atoms with Crippen molar-refractivity contribution in [3.05, 3.63) is 69.9 Å². The molecular weight excluding hydrogens is 293 g/mol. The Kier molecular flexibility index (Phi) is 4.50. The second kappa shape index (κ2) is 6.12. The Labute approximate surface area is 115 Å². The zero-order valence-electron chi connectivity index (χ0n) is 10.2. The van der Waals surface area contributed by atoms with E-state index in [2.05, 4.69) is 21.2 Å². The number of hydrogen-bond donors (Lipinski definition) is 1. The van der Waals surface area contributed by atoms with Crippen LogP contribution in [0.25, 0.3) is 0 Å². The molecule has 0 aliphatic rings. The highest BCUT2D eigenvalue weighted by Crippen LogP contribution is 2.29. The van der Waals surface area contributed by atoms with Crippen LogP contribution in [0, 0.1) is 5.82 Å². The minimum absolute atomic E-state index is 0.00118. The van der Waals surface area contributed by atoms with Gasteiger partial charge in [0, 0.05) is 4.47 Å². The highest BCUT2D eigenvalue weighted by atomic mass is 79.9. The van der Waals surface area contributed by atoms with E-state index < -0.39 is 0 Å². The first-order valence-electron chi connectivity index (χ1n) is 5.95. The van der Waals surface area contributed by atoms with Crippen LogP contribution in [0.5, 0.6) is 0 Å². The van der Waals surface area contributed by atoms with E-state index >= 15 is 0 Å². The normalized spacial score (nSPS) is 12.4. The highest BCUT2D eigenvalue weighted by Gasteiger charge is 2.16. The zero-order valence-corrected chi connectivity index (χ0v) is 11.7. The lowest BCUT2D eigenvalue weighted by molar-refractivity contribution is 0.601. The third-order valence-corrected chi connectivity index (χ3v) is 3.53. The van der Waals surface area contributed by atoms with E-state index in [-0.39, 0.29) is 11.9 Å². The molecule has 0 heterocycles. The molecule has 1 nitrogen and oxygen atoms in total. The van der Waals surface area contributed by atoms with Gasteiger partial charge in [-0.2, -0.15) is 0 Å². The summed E-state index contributed by atoms with van der Waals surface area (Å²) < 4.78 is 14.3. The lowest BCUT2D eigenvalue weighted by Crippen LogP contribution is -2.22. The van der Waals surface area contributed by atoms with Crippen molar-refractivity contribution >= 4 is 15.9 Å². The molecule has 18 heavy (non-hydrogen) atoms. The lowest BCUT2D eigenvalue weighted by atomic mass is 9.98. The molecule has 2 aromatic rings. The largest absolute Gasteiger partial charge is 0.306 e. The standard InChI is InChI=1S/C15H15BrFN/c1-2-18-15(11-6-4-3-5-7-11)13-10-12(17)8-9-14(13)16/h3-10,15,18H,2H2,1H3. The molecule has 0 saturated heterocycles. The molecule has 0 radical (unpaired) electrons. The molecule has 0 aliphatic heterocycles. The fourth-order valence-corrected chi connectivity index (χ4v) is 2.47. The van der Waals surface area contributed by atoms with Crippen LogP contribution in [0.1, 0.15) is 24.1 Å². The minimum Gasteiger partial charge on any atom is -0.306 e. The summed E-state index contributed by atoms with van der Waals surface area (Å²) in [7, 11) is 0. The van der Waals surface area contributed by atoms with Gasteiger partial charge in [-0.3, -0.25) is 0 Å². The first-order valence-corrected chi connectivity index (χ1v) is 6.75. The maximum absolute atomic E-state index is 13.4. The van der Waals surface area contributed by atoms with Crippen LogP contribution in [0.3, 0.4) is 0 Å². The van der Waals surface area contributed by atoms with Crippen molar-refractivity contribution in [3.63, 3.8) is 0 Å². The minimum atomic E-state index is -0.216. The summed E-state index contributed by atoms with van der Waals surface area (Å²) in [5.41, 5.74) is 2.05. The Morgan fingerprint density at radius 1 is 1.17 bits per heavy atom. The molecule has 0 fully saturated rings. The number of halogens is 2. The number of nitrogens with one attached hydrogen (secondary N) is 1. The van der Waals surface area contributed by atoms with E-state index in [9.17, 15) is 4.39 Å². The third kappa shape index (κ3) is 2.98. The Morgan fingerprint density at radius 2 is 1.89 bits per heavy atom. The first-order chi connectivity index (χ1) is 8.72. The molecule has 0 bridgehead atoms. The summed E-state index contributed by atoms with van der Waals surface area (Å²) in [5.74, 6) is -0.216. The van der Waals surface area contributed by atoms with E-state index in [1.54, 1.807) is 12.1 Å². The van der Waals surface area contributed by atoms with Crippen LogP contribution >= 0.6 is 15.9 Å². The van der Waals surface area contributed by atoms with Gasteiger partial charge in [0.15, 0.2) is 0 Å². The summed E-state index contributed by atoms with van der Waals surface area (Å²) in [5, 5.41) is 3.39. The Hall–Kier alpha value is -1.19.